The maximum absolute atomic E-state index is 11.6. The van der Waals surface area contributed by atoms with Gasteiger partial charge in [0.05, 0.1) is 18.9 Å². The highest BCUT2D eigenvalue weighted by Gasteiger charge is 2.04. The fourth-order valence-corrected chi connectivity index (χ4v) is 2.03. The number of rotatable bonds is 7. The molecule has 2 rings (SSSR count). The van der Waals surface area contributed by atoms with Gasteiger partial charge in [-0.1, -0.05) is 18.2 Å². The third-order valence-electron chi connectivity index (χ3n) is 3.24. The van der Waals surface area contributed by atoms with Crippen molar-refractivity contribution in [3.8, 4) is 11.5 Å². The van der Waals surface area contributed by atoms with Crippen LogP contribution in [0.15, 0.2) is 41.3 Å². The first-order valence-corrected chi connectivity index (χ1v) is 7.18. The number of aromatic nitrogens is 1. The Morgan fingerprint density at radius 2 is 1.71 bits per heavy atom. The molecule has 0 aliphatic carbocycles. The number of hydrogen-bond donors (Lipinski definition) is 1. The van der Waals surface area contributed by atoms with E-state index in [1.807, 2.05) is 38.1 Å². The molecule has 0 saturated carbocycles. The predicted octanol–water partition coefficient (Wildman–Crippen LogP) is 3.23. The van der Waals surface area contributed by atoms with Crippen LogP contribution < -0.4 is 14.9 Å². The van der Waals surface area contributed by atoms with Gasteiger partial charge in [-0.15, -0.1) is 0 Å². The van der Waals surface area contributed by atoms with E-state index in [0.29, 0.717) is 19.0 Å². The molecule has 1 heterocycles. The number of nitrogens with one attached hydrogen (secondary N) is 1. The molecule has 0 unspecified atom stereocenters. The van der Waals surface area contributed by atoms with Crippen LogP contribution in [0.4, 0.5) is 0 Å². The van der Waals surface area contributed by atoms with Gasteiger partial charge in [-0.3, -0.25) is 4.79 Å². The van der Waals surface area contributed by atoms with Gasteiger partial charge in [-0.2, -0.15) is 0 Å². The van der Waals surface area contributed by atoms with Gasteiger partial charge in [0.1, 0.15) is 5.75 Å². The Kier molecular flexibility index (Phi) is 5.43. The summed E-state index contributed by atoms with van der Waals surface area (Å²) < 4.78 is 11.3. The summed E-state index contributed by atoms with van der Waals surface area (Å²) in [5.41, 5.74) is 1.82. The Morgan fingerprint density at radius 1 is 1.00 bits per heavy atom. The van der Waals surface area contributed by atoms with E-state index in [1.54, 1.807) is 6.20 Å². The minimum absolute atomic E-state index is 0.0811. The first-order chi connectivity index (χ1) is 10.2. The van der Waals surface area contributed by atoms with Crippen LogP contribution in [0.1, 0.15) is 24.1 Å². The second-order valence-electron chi connectivity index (χ2n) is 4.97. The lowest BCUT2D eigenvalue weighted by Crippen LogP contribution is -2.11. The minimum Gasteiger partial charge on any atom is -0.493 e. The molecule has 0 radical (unpaired) electrons. The lowest BCUT2D eigenvalue weighted by atomic mass is 10.2. The minimum atomic E-state index is -0.0811. The Labute approximate surface area is 124 Å². The fourth-order valence-electron chi connectivity index (χ4n) is 2.03. The van der Waals surface area contributed by atoms with Crippen LogP contribution >= 0.6 is 0 Å². The third kappa shape index (κ3) is 4.38. The van der Waals surface area contributed by atoms with Crippen molar-refractivity contribution in [3.63, 3.8) is 0 Å². The summed E-state index contributed by atoms with van der Waals surface area (Å²) in [4.78, 5) is 14.6. The van der Waals surface area contributed by atoms with Crippen molar-refractivity contribution in [2.75, 3.05) is 13.2 Å². The van der Waals surface area contributed by atoms with E-state index < -0.39 is 0 Å². The van der Waals surface area contributed by atoms with Crippen LogP contribution in [0.3, 0.4) is 0 Å². The molecule has 1 N–H and O–H groups in total. The van der Waals surface area contributed by atoms with E-state index in [2.05, 4.69) is 4.98 Å². The van der Waals surface area contributed by atoms with Gasteiger partial charge in [0.15, 0.2) is 5.75 Å². The second kappa shape index (κ2) is 7.53. The topological polar surface area (TPSA) is 51.3 Å². The maximum atomic E-state index is 11.6. The lowest BCUT2D eigenvalue weighted by molar-refractivity contribution is 0.263. The number of para-hydroxylation sites is 1. The van der Waals surface area contributed by atoms with E-state index in [-0.39, 0.29) is 5.43 Å². The van der Waals surface area contributed by atoms with Crippen LogP contribution in [0.2, 0.25) is 0 Å². The Hall–Kier alpha value is -2.23. The molecule has 2 aromatic rings. The predicted molar refractivity (Wildman–Crippen MR) is 83.2 cm³/mol. The number of H-pyrrole nitrogens is 1. The molecule has 1 aromatic carbocycles. The molecule has 4 heteroatoms. The molecule has 1 aromatic heterocycles. The highest BCUT2D eigenvalue weighted by atomic mass is 16.5. The monoisotopic (exact) mass is 287 g/mol. The van der Waals surface area contributed by atoms with Crippen molar-refractivity contribution in [2.24, 2.45) is 0 Å². The zero-order valence-corrected chi connectivity index (χ0v) is 12.5. The standard InChI is InChI=1S/C17H21NO3/c1-13-7-3-4-8-16(13)20-11-5-6-12-21-17-14(2)18-10-9-15(17)19/h3-4,7-10H,5-6,11-12H2,1-2H3,(H,18,19). The molecule has 0 bridgehead atoms. The summed E-state index contributed by atoms with van der Waals surface area (Å²) in [6.45, 7) is 5.03. The Balaban J connectivity index is 1.69. The summed E-state index contributed by atoms with van der Waals surface area (Å²) in [5.74, 6) is 1.34. The smallest absolute Gasteiger partial charge is 0.223 e. The summed E-state index contributed by atoms with van der Waals surface area (Å²) in [5, 5.41) is 0. The molecule has 0 spiro atoms. The van der Waals surface area contributed by atoms with Crippen molar-refractivity contribution >= 4 is 0 Å². The van der Waals surface area contributed by atoms with Crippen molar-refractivity contribution in [1.29, 1.82) is 0 Å². The fraction of sp³-hybridized carbons (Fsp3) is 0.353. The molecule has 0 atom stereocenters. The normalized spacial score (nSPS) is 10.4. The van der Waals surface area contributed by atoms with Crippen molar-refractivity contribution < 1.29 is 9.47 Å². The van der Waals surface area contributed by atoms with Gasteiger partial charge in [0.2, 0.25) is 5.43 Å². The molecule has 0 fully saturated rings. The molecule has 0 aliphatic rings. The van der Waals surface area contributed by atoms with Gasteiger partial charge >= 0.3 is 0 Å². The van der Waals surface area contributed by atoms with Crippen LogP contribution in [-0.4, -0.2) is 18.2 Å². The molecule has 0 saturated heterocycles. The number of ether oxygens (including phenoxy) is 2. The SMILES string of the molecule is Cc1ccccc1OCCCCOc1c(C)[nH]ccc1=O. The summed E-state index contributed by atoms with van der Waals surface area (Å²) in [7, 11) is 0. The molecular weight excluding hydrogens is 266 g/mol. The maximum Gasteiger partial charge on any atom is 0.223 e. The molecule has 4 nitrogen and oxygen atoms in total. The highest BCUT2D eigenvalue weighted by Crippen LogP contribution is 2.16. The lowest BCUT2D eigenvalue weighted by Gasteiger charge is -2.10. The van der Waals surface area contributed by atoms with Gasteiger partial charge in [-0.05, 0) is 38.3 Å². The zero-order valence-electron chi connectivity index (χ0n) is 12.5. The van der Waals surface area contributed by atoms with Crippen molar-refractivity contribution in [3.05, 3.63) is 58.0 Å². The Morgan fingerprint density at radius 3 is 2.43 bits per heavy atom. The largest absolute Gasteiger partial charge is 0.493 e. The summed E-state index contributed by atoms with van der Waals surface area (Å²) in [6.07, 6.45) is 3.36. The Bertz CT molecular complexity index is 634. The molecule has 21 heavy (non-hydrogen) atoms. The van der Waals surface area contributed by atoms with Crippen LogP contribution in [-0.2, 0) is 0 Å². The number of pyridine rings is 1. The summed E-state index contributed by atoms with van der Waals surface area (Å²) in [6, 6.07) is 9.44. The van der Waals surface area contributed by atoms with Crippen molar-refractivity contribution in [2.45, 2.75) is 26.7 Å². The average Bonchev–Trinajstić information content (AvgIpc) is 2.47. The van der Waals surface area contributed by atoms with Gasteiger partial charge in [0, 0.05) is 12.3 Å². The van der Waals surface area contributed by atoms with Crippen molar-refractivity contribution in [1.82, 2.24) is 4.98 Å². The number of unbranched alkanes of at least 4 members (excludes halogenated alkanes) is 1. The van der Waals surface area contributed by atoms with Gasteiger partial charge in [-0.25, -0.2) is 0 Å². The molecule has 0 aliphatic heterocycles. The van der Waals surface area contributed by atoms with Gasteiger partial charge in [0.25, 0.3) is 0 Å². The summed E-state index contributed by atoms with van der Waals surface area (Å²) >= 11 is 0. The average molecular weight is 287 g/mol. The van der Waals surface area contributed by atoms with E-state index in [1.165, 1.54) is 6.07 Å². The second-order valence-corrected chi connectivity index (χ2v) is 4.97. The van der Waals surface area contributed by atoms with Crippen LogP contribution in [0.5, 0.6) is 11.5 Å². The first-order valence-electron chi connectivity index (χ1n) is 7.18. The molecular formula is C17H21NO3. The van der Waals surface area contributed by atoms with Crippen LogP contribution in [0.25, 0.3) is 0 Å². The quantitative estimate of drug-likeness (QED) is 0.795. The van der Waals surface area contributed by atoms with E-state index >= 15 is 0 Å². The van der Waals surface area contributed by atoms with E-state index in [9.17, 15) is 4.79 Å². The highest BCUT2D eigenvalue weighted by molar-refractivity contribution is 5.31. The van der Waals surface area contributed by atoms with Crippen LogP contribution in [0, 0.1) is 13.8 Å². The zero-order chi connectivity index (χ0) is 15.1. The number of hydrogen-bond acceptors (Lipinski definition) is 3. The number of aromatic amines is 1. The first kappa shape index (κ1) is 15.2. The van der Waals surface area contributed by atoms with E-state index in [4.69, 9.17) is 9.47 Å². The molecule has 0 amide bonds. The van der Waals surface area contributed by atoms with E-state index in [0.717, 1.165) is 29.8 Å². The number of benzene rings is 1. The van der Waals surface area contributed by atoms with Gasteiger partial charge < -0.3 is 14.5 Å². The third-order valence-corrected chi connectivity index (χ3v) is 3.24. The molecule has 112 valence electrons. The number of aryl methyl sites for hydroxylation is 2.